The van der Waals surface area contributed by atoms with Crippen molar-refractivity contribution >= 4 is 0 Å². The zero-order valence-electron chi connectivity index (χ0n) is 14.7. The minimum Gasteiger partial charge on any atom is -0.301 e. The summed E-state index contributed by atoms with van der Waals surface area (Å²) in [4.78, 5) is 9.55. The van der Waals surface area contributed by atoms with Crippen molar-refractivity contribution in [1.82, 2.24) is 9.97 Å². The molecule has 134 valence electrons. The van der Waals surface area contributed by atoms with E-state index in [1.165, 1.54) is 0 Å². The maximum absolute atomic E-state index is 4.77. The number of rotatable bonds is 5. The van der Waals surface area contributed by atoms with Crippen LogP contribution in [0.3, 0.4) is 0 Å². The summed E-state index contributed by atoms with van der Waals surface area (Å²) in [7, 11) is 0. The maximum Gasteiger partial charge on any atom is 2.00 e. The van der Waals surface area contributed by atoms with Crippen LogP contribution >= 0.6 is 0 Å². The predicted octanol–water partition coefficient (Wildman–Crippen LogP) is 5.19. The summed E-state index contributed by atoms with van der Waals surface area (Å²) in [6.07, 6.45) is 1.71. The second kappa shape index (κ2) is 9.39. The van der Waals surface area contributed by atoms with E-state index < -0.39 is 0 Å². The van der Waals surface area contributed by atoms with Gasteiger partial charge in [0.2, 0.25) is 0 Å². The zero-order valence-corrected chi connectivity index (χ0v) is 17.0. The zero-order chi connectivity index (χ0) is 17.6. The van der Waals surface area contributed by atoms with E-state index in [4.69, 9.17) is 9.97 Å². The van der Waals surface area contributed by atoms with Crippen LogP contribution < -0.4 is 0 Å². The molecule has 0 aliphatic heterocycles. The molecule has 0 saturated heterocycles. The molecule has 2 aromatic carbocycles. The number of hydrogen-bond donors (Lipinski definition) is 0. The Labute approximate surface area is 174 Å². The first-order valence-corrected chi connectivity index (χ1v) is 8.74. The smallest absolute Gasteiger partial charge is 0.301 e. The molecular formula is C24H18N2Pt. The van der Waals surface area contributed by atoms with Gasteiger partial charge in [-0.05, 0) is 36.4 Å². The normalized spacial score (nSPS) is 10.2. The van der Waals surface area contributed by atoms with Crippen LogP contribution in [-0.2, 0) is 33.9 Å². The predicted molar refractivity (Wildman–Crippen MR) is 104 cm³/mol. The molecule has 0 bridgehead atoms. The summed E-state index contributed by atoms with van der Waals surface area (Å²) < 4.78 is 0. The van der Waals surface area contributed by atoms with Crippen LogP contribution in [0, 0.1) is 12.1 Å². The minimum absolute atomic E-state index is 0. The van der Waals surface area contributed by atoms with Gasteiger partial charge < -0.3 is 9.97 Å². The largest absolute Gasteiger partial charge is 2.00 e. The summed E-state index contributed by atoms with van der Waals surface area (Å²) in [5, 5.41) is 0. The SMILES string of the molecule is [Pt+2].[c-]1ccccc1-c1cccc(CCc2cccc(-c3[c-]cccc3)n2)n1. The third kappa shape index (κ3) is 4.99. The molecule has 4 aromatic rings. The third-order valence-electron chi connectivity index (χ3n) is 4.22. The van der Waals surface area contributed by atoms with Crippen molar-refractivity contribution in [2.75, 3.05) is 0 Å². The average Bonchev–Trinajstić information content (AvgIpc) is 2.74. The summed E-state index contributed by atoms with van der Waals surface area (Å²) in [5.41, 5.74) is 6.10. The van der Waals surface area contributed by atoms with Crippen LogP contribution in [0.5, 0.6) is 0 Å². The van der Waals surface area contributed by atoms with Gasteiger partial charge in [-0.25, -0.2) is 0 Å². The Bertz CT molecular complexity index is 902. The summed E-state index contributed by atoms with van der Waals surface area (Å²) >= 11 is 0. The number of nitrogens with zero attached hydrogens (tertiary/aromatic N) is 2. The van der Waals surface area contributed by atoms with E-state index in [2.05, 4.69) is 36.4 Å². The van der Waals surface area contributed by atoms with E-state index in [-0.39, 0.29) is 21.1 Å². The van der Waals surface area contributed by atoms with Crippen LogP contribution in [0.2, 0.25) is 0 Å². The molecule has 0 aliphatic carbocycles. The van der Waals surface area contributed by atoms with Gasteiger partial charge in [0, 0.05) is 11.4 Å². The standard InChI is InChI=1S/C24H18N2.Pt/c1-3-9-19(10-4-1)23-15-7-13-21(25-23)17-18-22-14-8-16-24(26-22)20-11-5-2-6-12-20;/h1-9,11,13-16H,17-18H2;/q-2;+2. The van der Waals surface area contributed by atoms with Crippen molar-refractivity contribution < 1.29 is 21.1 Å². The number of aryl methyl sites for hydroxylation is 2. The van der Waals surface area contributed by atoms with Crippen molar-refractivity contribution in [3.8, 4) is 22.5 Å². The first-order chi connectivity index (χ1) is 12.9. The Hall–Kier alpha value is -2.57. The van der Waals surface area contributed by atoms with Crippen LogP contribution in [0.1, 0.15) is 11.4 Å². The van der Waals surface area contributed by atoms with Crippen molar-refractivity contribution in [1.29, 1.82) is 0 Å². The van der Waals surface area contributed by atoms with E-state index in [1.807, 2.05) is 60.7 Å². The van der Waals surface area contributed by atoms with E-state index in [1.54, 1.807) is 0 Å². The Kier molecular flexibility index (Phi) is 6.68. The molecule has 2 nitrogen and oxygen atoms in total. The first kappa shape index (κ1) is 19.2. The molecule has 0 atom stereocenters. The Morgan fingerprint density at radius 3 is 1.44 bits per heavy atom. The van der Waals surface area contributed by atoms with Gasteiger partial charge in [-0.3, -0.25) is 0 Å². The van der Waals surface area contributed by atoms with E-state index in [0.717, 1.165) is 46.7 Å². The molecule has 0 fully saturated rings. The van der Waals surface area contributed by atoms with Crippen LogP contribution in [0.4, 0.5) is 0 Å². The number of aromatic nitrogens is 2. The summed E-state index contributed by atoms with van der Waals surface area (Å²) in [6.45, 7) is 0. The molecule has 2 aromatic heterocycles. The molecule has 0 amide bonds. The minimum atomic E-state index is 0. The molecule has 27 heavy (non-hydrogen) atoms. The molecule has 0 saturated carbocycles. The molecule has 2 heterocycles. The van der Waals surface area contributed by atoms with Gasteiger partial charge in [-0.15, -0.1) is 71.8 Å². The van der Waals surface area contributed by atoms with Gasteiger partial charge in [-0.2, -0.15) is 0 Å². The van der Waals surface area contributed by atoms with Gasteiger partial charge in [0.15, 0.2) is 0 Å². The molecule has 4 rings (SSSR count). The van der Waals surface area contributed by atoms with Gasteiger partial charge in [-0.1, -0.05) is 24.3 Å². The maximum atomic E-state index is 4.77. The number of pyridine rings is 2. The fraction of sp³-hybridized carbons (Fsp3) is 0.0833. The summed E-state index contributed by atoms with van der Waals surface area (Å²) in [5.74, 6) is 0. The van der Waals surface area contributed by atoms with Gasteiger partial charge >= 0.3 is 21.1 Å². The summed E-state index contributed by atoms with van der Waals surface area (Å²) in [6, 6.07) is 34.6. The topological polar surface area (TPSA) is 25.8 Å². The van der Waals surface area contributed by atoms with E-state index >= 15 is 0 Å². The molecule has 0 N–H and O–H groups in total. The number of benzene rings is 2. The van der Waals surface area contributed by atoms with Crippen molar-refractivity contribution in [2.24, 2.45) is 0 Å². The molecule has 0 radical (unpaired) electrons. The van der Waals surface area contributed by atoms with Crippen LogP contribution in [0.25, 0.3) is 22.5 Å². The quantitative estimate of drug-likeness (QED) is 0.333. The van der Waals surface area contributed by atoms with Crippen molar-refractivity contribution in [2.45, 2.75) is 12.8 Å². The van der Waals surface area contributed by atoms with E-state index in [9.17, 15) is 0 Å². The molecular weight excluding hydrogens is 511 g/mol. The molecule has 0 aliphatic rings. The number of hydrogen-bond acceptors (Lipinski definition) is 2. The van der Waals surface area contributed by atoms with Crippen molar-refractivity contribution in [3.63, 3.8) is 0 Å². The van der Waals surface area contributed by atoms with Crippen molar-refractivity contribution in [3.05, 3.63) is 108 Å². The van der Waals surface area contributed by atoms with Gasteiger partial charge in [0.05, 0.1) is 0 Å². The fourth-order valence-corrected chi connectivity index (χ4v) is 2.90. The van der Waals surface area contributed by atoms with Gasteiger partial charge in [0.1, 0.15) is 0 Å². The Morgan fingerprint density at radius 1 is 0.556 bits per heavy atom. The average molecular weight is 530 g/mol. The third-order valence-corrected chi connectivity index (χ3v) is 4.22. The molecule has 0 unspecified atom stereocenters. The van der Waals surface area contributed by atoms with Crippen LogP contribution in [-0.4, -0.2) is 9.97 Å². The Morgan fingerprint density at radius 2 is 1.04 bits per heavy atom. The second-order valence-electron chi connectivity index (χ2n) is 6.08. The molecule has 0 spiro atoms. The Balaban J connectivity index is 0.00000210. The van der Waals surface area contributed by atoms with Gasteiger partial charge in [0.25, 0.3) is 0 Å². The van der Waals surface area contributed by atoms with E-state index in [0.29, 0.717) is 0 Å². The van der Waals surface area contributed by atoms with Crippen LogP contribution in [0.15, 0.2) is 84.9 Å². The fourth-order valence-electron chi connectivity index (χ4n) is 2.90. The molecule has 3 heteroatoms. The first-order valence-electron chi connectivity index (χ1n) is 8.74. The second-order valence-corrected chi connectivity index (χ2v) is 6.08. The monoisotopic (exact) mass is 529 g/mol.